The van der Waals surface area contributed by atoms with E-state index in [0.29, 0.717) is 23.7 Å². The highest BCUT2D eigenvalue weighted by molar-refractivity contribution is 6.33. The third kappa shape index (κ3) is 4.45. The Morgan fingerprint density at radius 3 is 2.43 bits per heavy atom. The molecular formula is C17H23ClN2O3. The highest BCUT2D eigenvalue weighted by Crippen LogP contribution is 2.21. The van der Waals surface area contributed by atoms with Crippen LogP contribution in [0.15, 0.2) is 24.3 Å². The second-order valence-corrected chi connectivity index (χ2v) is 6.49. The molecule has 0 bridgehead atoms. The van der Waals surface area contributed by atoms with E-state index >= 15 is 0 Å². The van der Waals surface area contributed by atoms with E-state index in [1.165, 1.54) is 0 Å². The maximum atomic E-state index is 12.4. The molecule has 23 heavy (non-hydrogen) atoms. The Bertz CT molecular complexity index is 569. The maximum absolute atomic E-state index is 12.4. The number of carbonyl (C=O) groups is 2. The first-order chi connectivity index (χ1) is 10.9. The summed E-state index contributed by atoms with van der Waals surface area (Å²) in [5.41, 5.74) is 0.363. The number of halogens is 1. The molecule has 1 aromatic rings. The summed E-state index contributed by atoms with van der Waals surface area (Å²) in [6.07, 6.45) is 1.23. The lowest BCUT2D eigenvalue weighted by atomic mass is 9.92. The number of nitrogens with one attached hydrogen (secondary N) is 1. The first-order valence-corrected chi connectivity index (χ1v) is 8.30. The van der Waals surface area contributed by atoms with Gasteiger partial charge >= 0.3 is 0 Å². The number of carbonyl (C=O) groups excluding carboxylic acids is 2. The maximum Gasteiger partial charge on any atom is 0.253 e. The van der Waals surface area contributed by atoms with Gasteiger partial charge in [0.15, 0.2) is 0 Å². The summed E-state index contributed by atoms with van der Waals surface area (Å²) in [5.74, 6) is -0.211. The number of nitrogens with zero attached hydrogens (tertiary/aromatic N) is 1. The van der Waals surface area contributed by atoms with Crippen LogP contribution in [0, 0.1) is 5.92 Å². The Morgan fingerprint density at radius 2 is 1.87 bits per heavy atom. The number of likely N-dealkylation sites (tertiary alicyclic amines) is 1. The van der Waals surface area contributed by atoms with E-state index in [-0.39, 0.29) is 23.8 Å². The molecule has 1 aromatic carbocycles. The van der Waals surface area contributed by atoms with Gasteiger partial charge in [0.1, 0.15) is 6.04 Å². The van der Waals surface area contributed by atoms with E-state index < -0.39 is 6.04 Å². The predicted octanol–water partition coefficient (Wildman–Crippen LogP) is 2.08. The Morgan fingerprint density at radius 1 is 1.26 bits per heavy atom. The van der Waals surface area contributed by atoms with Gasteiger partial charge in [0, 0.05) is 13.1 Å². The lowest BCUT2D eigenvalue weighted by Crippen LogP contribution is -2.50. The number of hydrogen-bond acceptors (Lipinski definition) is 3. The molecular weight excluding hydrogens is 316 g/mol. The van der Waals surface area contributed by atoms with Crippen LogP contribution in [0.2, 0.25) is 5.02 Å². The molecule has 2 atom stereocenters. The minimum absolute atomic E-state index is 0.102. The minimum Gasteiger partial charge on any atom is -0.393 e. The van der Waals surface area contributed by atoms with Gasteiger partial charge in [0.2, 0.25) is 5.91 Å². The Hall–Kier alpha value is -1.59. The molecule has 1 aliphatic rings. The van der Waals surface area contributed by atoms with Gasteiger partial charge in [-0.25, -0.2) is 0 Å². The second kappa shape index (κ2) is 7.79. The predicted molar refractivity (Wildman–Crippen MR) is 89.4 cm³/mol. The summed E-state index contributed by atoms with van der Waals surface area (Å²) in [5, 5.41) is 12.7. The SMILES string of the molecule is CC(NC(=O)c1ccccc1Cl)C(=O)N1CCC(C(C)O)CC1. The molecule has 2 amide bonds. The van der Waals surface area contributed by atoms with Gasteiger partial charge in [-0.1, -0.05) is 23.7 Å². The molecule has 0 saturated carbocycles. The Kier molecular flexibility index (Phi) is 6.02. The summed E-state index contributed by atoms with van der Waals surface area (Å²) in [7, 11) is 0. The van der Waals surface area contributed by atoms with Gasteiger partial charge in [0.25, 0.3) is 5.91 Å². The molecule has 126 valence electrons. The van der Waals surface area contributed by atoms with Crippen molar-refractivity contribution >= 4 is 23.4 Å². The quantitative estimate of drug-likeness (QED) is 0.883. The van der Waals surface area contributed by atoms with E-state index in [1.807, 2.05) is 0 Å². The molecule has 0 aromatic heterocycles. The largest absolute Gasteiger partial charge is 0.393 e. The number of aliphatic hydroxyl groups excluding tert-OH is 1. The van der Waals surface area contributed by atoms with Crippen LogP contribution >= 0.6 is 11.6 Å². The van der Waals surface area contributed by atoms with Crippen molar-refractivity contribution in [2.75, 3.05) is 13.1 Å². The van der Waals surface area contributed by atoms with Crippen LogP contribution in [-0.4, -0.2) is 47.1 Å². The molecule has 2 unspecified atom stereocenters. The lowest BCUT2D eigenvalue weighted by Gasteiger charge is -2.34. The van der Waals surface area contributed by atoms with Crippen molar-refractivity contribution in [1.29, 1.82) is 0 Å². The van der Waals surface area contributed by atoms with Gasteiger partial charge in [-0.3, -0.25) is 9.59 Å². The first kappa shape index (κ1) is 17.8. The van der Waals surface area contributed by atoms with Crippen molar-refractivity contribution in [2.45, 2.75) is 38.8 Å². The fraction of sp³-hybridized carbons (Fsp3) is 0.529. The van der Waals surface area contributed by atoms with Crippen LogP contribution in [0.1, 0.15) is 37.0 Å². The third-order valence-corrected chi connectivity index (χ3v) is 4.70. The average molecular weight is 339 g/mol. The number of amides is 2. The van der Waals surface area contributed by atoms with Gasteiger partial charge in [-0.05, 0) is 44.7 Å². The van der Waals surface area contributed by atoms with Gasteiger partial charge < -0.3 is 15.3 Å². The second-order valence-electron chi connectivity index (χ2n) is 6.08. The Labute approximate surface area is 141 Å². The first-order valence-electron chi connectivity index (χ1n) is 7.92. The molecule has 1 heterocycles. The molecule has 1 saturated heterocycles. The molecule has 1 fully saturated rings. The summed E-state index contributed by atoms with van der Waals surface area (Å²) in [6, 6.07) is 6.14. The molecule has 0 radical (unpaired) electrons. The zero-order chi connectivity index (χ0) is 17.0. The summed E-state index contributed by atoms with van der Waals surface area (Å²) in [6.45, 7) is 4.69. The van der Waals surface area contributed by atoms with Crippen molar-refractivity contribution in [3.8, 4) is 0 Å². The van der Waals surface area contributed by atoms with Crippen molar-refractivity contribution in [2.24, 2.45) is 5.92 Å². The van der Waals surface area contributed by atoms with Crippen LogP contribution in [-0.2, 0) is 4.79 Å². The van der Waals surface area contributed by atoms with Crippen molar-refractivity contribution in [1.82, 2.24) is 10.2 Å². The molecule has 0 spiro atoms. The molecule has 2 rings (SSSR count). The molecule has 1 aliphatic heterocycles. The number of piperidine rings is 1. The van der Waals surface area contributed by atoms with Gasteiger partial charge in [-0.2, -0.15) is 0 Å². The van der Waals surface area contributed by atoms with E-state index in [1.54, 1.807) is 43.0 Å². The van der Waals surface area contributed by atoms with E-state index in [4.69, 9.17) is 11.6 Å². The number of benzene rings is 1. The van der Waals surface area contributed by atoms with E-state index in [0.717, 1.165) is 12.8 Å². The molecule has 6 heteroatoms. The number of rotatable bonds is 4. The third-order valence-electron chi connectivity index (χ3n) is 4.37. The van der Waals surface area contributed by atoms with Gasteiger partial charge in [0.05, 0.1) is 16.7 Å². The topological polar surface area (TPSA) is 69.6 Å². The minimum atomic E-state index is -0.609. The highest BCUT2D eigenvalue weighted by atomic mass is 35.5. The molecule has 2 N–H and O–H groups in total. The molecule has 0 aliphatic carbocycles. The van der Waals surface area contributed by atoms with Crippen molar-refractivity contribution < 1.29 is 14.7 Å². The zero-order valence-corrected chi connectivity index (χ0v) is 14.2. The van der Waals surface area contributed by atoms with E-state index in [9.17, 15) is 14.7 Å². The van der Waals surface area contributed by atoms with Crippen LogP contribution in [0.5, 0.6) is 0 Å². The standard InChI is InChI=1S/C17H23ClN2O3/c1-11(19-16(22)14-5-3-4-6-15(14)18)17(23)20-9-7-13(8-10-20)12(2)21/h3-6,11-13,21H,7-10H2,1-2H3,(H,19,22). The number of aliphatic hydroxyl groups is 1. The highest BCUT2D eigenvalue weighted by Gasteiger charge is 2.28. The summed E-state index contributed by atoms with van der Waals surface area (Å²) < 4.78 is 0. The van der Waals surface area contributed by atoms with Crippen molar-refractivity contribution in [3.63, 3.8) is 0 Å². The molecule has 5 nitrogen and oxygen atoms in total. The monoisotopic (exact) mass is 338 g/mol. The average Bonchev–Trinajstić information content (AvgIpc) is 2.54. The zero-order valence-electron chi connectivity index (χ0n) is 13.5. The van der Waals surface area contributed by atoms with Crippen LogP contribution in [0.25, 0.3) is 0 Å². The van der Waals surface area contributed by atoms with Crippen LogP contribution in [0.3, 0.4) is 0 Å². The fourth-order valence-corrected chi connectivity index (χ4v) is 3.08. The summed E-state index contributed by atoms with van der Waals surface area (Å²) in [4.78, 5) is 26.4. The smallest absolute Gasteiger partial charge is 0.253 e. The normalized spacial score (nSPS) is 18.3. The van der Waals surface area contributed by atoms with Crippen LogP contribution in [0.4, 0.5) is 0 Å². The fourth-order valence-electron chi connectivity index (χ4n) is 2.86. The Balaban J connectivity index is 1.91. The lowest BCUT2D eigenvalue weighted by molar-refractivity contribution is -0.134. The summed E-state index contributed by atoms with van der Waals surface area (Å²) >= 11 is 6.00. The van der Waals surface area contributed by atoms with Crippen molar-refractivity contribution in [3.05, 3.63) is 34.9 Å². The van der Waals surface area contributed by atoms with Crippen LogP contribution < -0.4 is 5.32 Å². The number of hydrogen-bond donors (Lipinski definition) is 2. The van der Waals surface area contributed by atoms with E-state index in [2.05, 4.69) is 5.32 Å². The van der Waals surface area contributed by atoms with Gasteiger partial charge in [-0.15, -0.1) is 0 Å².